The van der Waals surface area contributed by atoms with Gasteiger partial charge in [-0.05, 0) is 36.1 Å². The van der Waals surface area contributed by atoms with Crippen LogP contribution in [0.3, 0.4) is 0 Å². The van der Waals surface area contributed by atoms with E-state index in [2.05, 4.69) is 13.8 Å². The summed E-state index contributed by atoms with van der Waals surface area (Å²) in [6.07, 6.45) is 4.87. The number of benzene rings is 1. The Morgan fingerprint density at radius 3 is 2.75 bits per heavy atom. The van der Waals surface area contributed by atoms with E-state index < -0.39 is 5.97 Å². The molecule has 0 fully saturated rings. The van der Waals surface area contributed by atoms with Gasteiger partial charge in [-0.3, -0.25) is 0 Å². The predicted octanol–water partition coefficient (Wildman–Crippen LogP) is 3.61. The number of rotatable bonds is 8. The maximum Gasteiger partial charge on any atom is 0.328 e. The van der Waals surface area contributed by atoms with E-state index in [0.29, 0.717) is 24.0 Å². The summed E-state index contributed by atoms with van der Waals surface area (Å²) in [6, 6.07) is 5.36. The molecular weight excluding hydrogens is 256 g/mol. The highest BCUT2D eigenvalue weighted by molar-refractivity contribution is 5.85. The topological polar surface area (TPSA) is 55.8 Å². The zero-order valence-electron chi connectivity index (χ0n) is 12.3. The Labute approximate surface area is 120 Å². The molecule has 0 aliphatic heterocycles. The van der Waals surface area contributed by atoms with Gasteiger partial charge in [0.05, 0.1) is 13.7 Å². The third kappa shape index (κ3) is 5.34. The van der Waals surface area contributed by atoms with Crippen LogP contribution in [0.4, 0.5) is 0 Å². The summed E-state index contributed by atoms with van der Waals surface area (Å²) in [5, 5.41) is 8.64. The Balaban J connectivity index is 2.80. The molecule has 20 heavy (non-hydrogen) atoms. The van der Waals surface area contributed by atoms with Crippen LogP contribution in [0.1, 0.15) is 32.3 Å². The molecule has 0 saturated carbocycles. The average Bonchev–Trinajstić information content (AvgIpc) is 2.43. The van der Waals surface area contributed by atoms with Crippen LogP contribution in [0, 0.1) is 5.92 Å². The predicted molar refractivity (Wildman–Crippen MR) is 79.2 cm³/mol. The SMILES string of the molecule is CCCC(C)COc1cc(C=CC(=O)O)ccc1OC. The molecule has 4 nitrogen and oxygen atoms in total. The quantitative estimate of drug-likeness (QED) is 0.738. The Bertz CT molecular complexity index is 466. The maximum absolute atomic E-state index is 10.5. The van der Waals surface area contributed by atoms with Gasteiger partial charge in [0.1, 0.15) is 0 Å². The molecule has 0 amide bonds. The fraction of sp³-hybridized carbons (Fsp3) is 0.438. The lowest BCUT2D eigenvalue weighted by molar-refractivity contribution is -0.131. The highest BCUT2D eigenvalue weighted by Gasteiger charge is 2.07. The van der Waals surface area contributed by atoms with E-state index in [1.807, 2.05) is 0 Å². The first-order chi connectivity index (χ1) is 9.56. The molecule has 1 aromatic rings. The summed E-state index contributed by atoms with van der Waals surface area (Å²) in [5.74, 6) is 0.798. The number of aliphatic carboxylic acids is 1. The molecule has 0 bridgehead atoms. The monoisotopic (exact) mass is 278 g/mol. The Hall–Kier alpha value is -1.97. The summed E-state index contributed by atoms with van der Waals surface area (Å²) < 4.78 is 11.0. The van der Waals surface area contributed by atoms with E-state index in [-0.39, 0.29) is 0 Å². The first kappa shape index (κ1) is 16.1. The molecule has 1 unspecified atom stereocenters. The first-order valence-electron chi connectivity index (χ1n) is 6.78. The van der Waals surface area contributed by atoms with Crippen molar-refractivity contribution in [3.05, 3.63) is 29.8 Å². The molecule has 0 heterocycles. The van der Waals surface area contributed by atoms with Gasteiger partial charge < -0.3 is 14.6 Å². The molecule has 1 aromatic carbocycles. The second-order valence-electron chi connectivity index (χ2n) is 4.79. The van der Waals surface area contributed by atoms with E-state index in [9.17, 15) is 4.79 Å². The van der Waals surface area contributed by atoms with Crippen molar-refractivity contribution in [2.45, 2.75) is 26.7 Å². The van der Waals surface area contributed by atoms with Crippen molar-refractivity contribution < 1.29 is 19.4 Å². The first-order valence-corrected chi connectivity index (χ1v) is 6.78. The van der Waals surface area contributed by atoms with Crippen molar-refractivity contribution in [2.75, 3.05) is 13.7 Å². The lowest BCUT2D eigenvalue weighted by Gasteiger charge is -2.15. The normalized spacial score (nSPS) is 12.3. The molecule has 110 valence electrons. The summed E-state index contributed by atoms with van der Waals surface area (Å²) in [5.41, 5.74) is 0.770. The molecule has 0 saturated heterocycles. The second-order valence-corrected chi connectivity index (χ2v) is 4.79. The van der Waals surface area contributed by atoms with E-state index >= 15 is 0 Å². The van der Waals surface area contributed by atoms with Crippen LogP contribution in [-0.4, -0.2) is 24.8 Å². The highest BCUT2D eigenvalue weighted by Crippen LogP contribution is 2.29. The maximum atomic E-state index is 10.5. The summed E-state index contributed by atoms with van der Waals surface area (Å²) >= 11 is 0. The largest absolute Gasteiger partial charge is 0.493 e. The molecule has 1 atom stereocenters. The van der Waals surface area contributed by atoms with Gasteiger partial charge >= 0.3 is 5.97 Å². The lowest BCUT2D eigenvalue weighted by Crippen LogP contribution is -2.08. The summed E-state index contributed by atoms with van der Waals surface area (Å²) in [7, 11) is 1.59. The van der Waals surface area contributed by atoms with Crippen LogP contribution in [0.15, 0.2) is 24.3 Å². The van der Waals surface area contributed by atoms with Gasteiger partial charge in [0.25, 0.3) is 0 Å². The van der Waals surface area contributed by atoms with Gasteiger partial charge in [0.2, 0.25) is 0 Å². The van der Waals surface area contributed by atoms with E-state index in [0.717, 1.165) is 24.5 Å². The fourth-order valence-electron chi connectivity index (χ4n) is 1.89. The van der Waals surface area contributed by atoms with Crippen LogP contribution in [-0.2, 0) is 4.79 Å². The molecule has 0 radical (unpaired) electrons. The van der Waals surface area contributed by atoms with Gasteiger partial charge in [-0.15, -0.1) is 0 Å². The average molecular weight is 278 g/mol. The van der Waals surface area contributed by atoms with Gasteiger partial charge in [-0.2, -0.15) is 0 Å². The summed E-state index contributed by atoms with van der Waals surface area (Å²) in [4.78, 5) is 10.5. The minimum Gasteiger partial charge on any atom is -0.493 e. The van der Waals surface area contributed by atoms with Crippen molar-refractivity contribution in [3.8, 4) is 11.5 Å². The van der Waals surface area contributed by atoms with Crippen LogP contribution in [0.5, 0.6) is 11.5 Å². The molecule has 0 spiro atoms. The molecular formula is C16H22O4. The van der Waals surface area contributed by atoms with Crippen molar-refractivity contribution in [1.29, 1.82) is 0 Å². The zero-order valence-corrected chi connectivity index (χ0v) is 12.3. The van der Waals surface area contributed by atoms with E-state index in [1.54, 1.807) is 25.3 Å². The Morgan fingerprint density at radius 1 is 1.40 bits per heavy atom. The van der Waals surface area contributed by atoms with E-state index in [1.165, 1.54) is 6.08 Å². The third-order valence-electron chi connectivity index (χ3n) is 2.91. The van der Waals surface area contributed by atoms with Crippen LogP contribution in [0.2, 0.25) is 0 Å². The number of hydrogen-bond acceptors (Lipinski definition) is 3. The minimum atomic E-state index is -0.972. The second kappa shape index (κ2) is 8.25. The number of carbonyl (C=O) groups is 1. The molecule has 0 aliphatic carbocycles. The van der Waals surface area contributed by atoms with Crippen LogP contribution < -0.4 is 9.47 Å². The number of hydrogen-bond donors (Lipinski definition) is 1. The van der Waals surface area contributed by atoms with Crippen molar-refractivity contribution in [3.63, 3.8) is 0 Å². The Kier molecular flexibility index (Phi) is 6.64. The molecule has 0 aromatic heterocycles. The lowest BCUT2D eigenvalue weighted by atomic mass is 10.1. The smallest absolute Gasteiger partial charge is 0.328 e. The zero-order chi connectivity index (χ0) is 15.0. The Morgan fingerprint density at radius 2 is 2.15 bits per heavy atom. The van der Waals surface area contributed by atoms with Gasteiger partial charge in [-0.25, -0.2) is 4.79 Å². The number of carboxylic acid groups (broad SMARTS) is 1. The highest BCUT2D eigenvalue weighted by atomic mass is 16.5. The number of methoxy groups -OCH3 is 1. The van der Waals surface area contributed by atoms with E-state index in [4.69, 9.17) is 14.6 Å². The van der Waals surface area contributed by atoms with Gasteiger partial charge in [0, 0.05) is 6.08 Å². The molecule has 0 aliphatic rings. The molecule has 4 heteroatoms. The van der Waals surface area contributed by atoms with Gasteiger partial charge in [-0.1, -0.05) is 26.3 Å². The van der Waals surface area contributed by atoms with Crippen molar-refractivity contribution in [2.24, 2.45) is 5.92 Å². The molecule has 1 N–H and O–H groups in total. The fourth-order valence-corrected chi connectivity index (χ4v) is 1.89. The number of ether oxygens (including phenoxy) is 2. The van der Waals surface area contributed by atoms with Crippen LogP contribution >= 0.6 is 0 Å². The third-order valence-corrected chi connectivity index (χ3v) is 2.91. The van der Waals surface area contributed by atoms with Crippen LogP contribution in [0.25, 0.3) is 6.08 Å². The van der Waals surface area contributed by atoms with Crippen molar-refractivity contribution >= 4 is 12.0 Å². The molecule has 1 rings (SSSR count). The van der Waals surface area contributed by atoms with Gasteiger partial charge in [0.15, 0.2) is 11.5 Å². The minimum absolute atomic E-state index is 0.475. The number of carboxylic acids is 1. The standard InChI is InChI=1S/C16H22O4/c1-4-5-12(2)11-20-15-10-13(7-9-16(17)18)6-8-14(15)19-3/h6-10,12H,4-5,11H2,1-3H3,(H,17,18). The van der Waals surface area contributed by atoms with Crippen molar-refractivity contribution in [1.82, 2.24) is 0 Å². The summed E-state index contributed by atoms with van der Waals surface area (Å²) in [6.45, 7) is 4.91.